The van der Waals surface area contributed by atoms with E-state index in [0.717, 1.165) is 0 Å². The average Bonchev–Trinajstić information content (AvgIpc) is 2.13. The lowest BCUT2D eigenvalue weighted by atomic mass is 10.4. The fourth-order valence-electron chi connectivity index (χ4n) is 1.19. The number of piperazine rings is 1. The van der Waals surface area contributed by atoms with Crippen LogP contribution in [0, 0.1) is 0 Å². The summed E-state index contributed by atoms with van der Waals surface area (Å²) in [6, 6.07) is 0. The summed E-state index contributed by atoms with van der Waals surface area (Å²) in [4.78, 5) is 33.2. The smallest absolute Gasteiger partial charge is 0.422 e. The highest BCUT2D eigenvalue weighted by Crippen LogP contribution is 2.02. The van der Waals surface area contributed by atoms with Gasteiger partial charge in [0.05, 0.1) is 19.2 Å². The minimum atomic E-state index is -4.27. The number of rotatable bonds is 3. The summed E-state index contributed by atoms with van der Waals surface area (Å²) < 4.78 is 30.0. The lowest BCUT2D eigenvalue weighted by molar-refractivity contribution is -0.134. The Kier molecular flexibility index (Phi) is 4.24. The minimum absolute atomic E-state index is 0.494. The van der Waals surface area contributed by atoms with Gasteiger partial charge in [-0.3, -0.25) is 14.9 Å². The van der Waals surface area contributed by atoms with Gasteiger partial charge in [-0.05, 0) is 13.8 Å². The summed E-state index contributed by atoms with van der Waals surface area (Å²) in [5.41, 5.74) is 0. The molecule has 0 aromatic rings. The largest absolute Gasteiger partial charge is 0.446 e. The van der Waals surface area contributed by atoms with Crippen molar-refractivity contribution in [1.82, 2.24) is 14.3 Å². The van der Waals surface area contributed by atoms with Crippen molar-refractivity contribution < 1.29 is 27.5 Å². The molecule has 1 saturated heterocycles. The average molecular weight is 279 g/mol. The highest BCUT2D eigenvalue weighted by atomic mass is 32.2. The number of carbonyl (C=O) groups is 3. The van der Waals surface area contributed by atoms with Crippen molar-refractivity contribution in [3.8, 4) is 0 Å². The van der Waals surface area contributed by atoms with Crippen LogP contribution in [-0.2, 0) is 24.5 Å². The third-order valence-corrected chi connectivity index (χ3v) is 3.18. The quantitative estimate of drug-likeness (QED) is 0.595. The number of ether oxygens (including phenoxy) is 1. The number of hydrogen-bond donors (Lipinski definition) is 2. The Balaban J connectivity index is 2.71. The van der Waals surface area contributed by atoms with Gasteiger partial charge in [0.2, 0.25) is 11.8 Å². The molecule has 9 nitrogen and oxygen atoms in total. The van der Waals surface area contributed by atoms with Gasteiger partial charge >= 0.3 is 16.3 Å². The monoisotopic (exact) mass is 279 g/mol. The fourth-order valence-corrected chi connectivity index (χ4v) is 2.15. The summed E-state index contributed by atoms with van der Waals surface area (Å²) in [6.07, 6.45) is -1.66. The van der Waals surface area contributed by atoms with Crippen molar-refractivity contribution in [3.05, 3.63) is 0 Å². The SMILES string of the molecule is CC(C)OC(=O)NS(=O)(=O)N1CC(=O)NC(=O)C1. The number of nitrogens with zero attached hydrogens (tertiary/aromatic N) is 1. The highest BCUT2D eigenvalue weighted by Gasteiger charge is 2.33. The van der Waals surface area contributed by atoms with Crippen LogP contribution < -0.4 is 10.0 Å². The normalized spacial score (nSPS) is 17.5. The number of imide groups is 1. The van der Waals surface area contributed by atoms with Crippen molar-refractivity contribution >= 4 is 28.1 Å². The molecular weight excluding hydrogens is 266 g/mol. The summed E-state index contributed by atoms with van der Waals surface area (Å²) in [5, 5.41) is 1.94. The van der Waals surface area contributed by atoms with Crippen LogP contribution in [-0.4, -0.2) is 49.8 Å². The number of hydrogen-bond acceptors (Lipinski definition) is 6. The first kappa shape index (κ1) is 14.4. The maximum atomic E-state index is 11.7. The van der Waals surface area contributed by atoms with Crippen LogP contribution in [0.5, 0.6) is 0 Å². The Hall–Kier alpha value is -1.68. The van der Waals surface area contributed by atoms with Gasteiger partial charge in [0.15, 0.2) is 0 Å². The second-order valence-electron chi connectivity index (χ2n) is 3.80. The van der Waals surface area contributed by atoms with E-state index in [-0.39, 0.29) is 0 Å². The molecule has 0 atom stereocenters. The van der Waals surface area contributed by atoms with Gasteiger partial charge in [-0.2, -0.15) is 12.7 Å². The molecule has 0 aliphatic carbocycles. The first-order valence-corrected chi connectivity index (χ1v) is 6.46. The van der Waals surface area contributed by atoms with Gasteiger partial charge in [0, 0.05) is 0 Å². The molecule has 1 aliphatic heterocycles. The molecule has 1 heterocycles. The second-order valence-corrected chi connectivity index (χ2v) is 5.47. The molecule has 1 aliphatic rings. The second kappa shape index (κ2) is 5.31. The fraction of sp³-hybridized carbons (Fsp3) is 0.625. The van der Waals surface area contributed by atoms with Crippen molar-refractivity contribution in [2.75, 3.05) is 13.1 Å². The molecule has 0 bridgehead atoms. The molecule has 102 valence electrons. The van der Waals surface area contributed by atoms with E-state index in [9.17, 15) is 22.8 Å². The zero-order valence-electron chi connectivity index (χ0n) is 9.80. The molecule has 10 heteroatoms. The van der Waals surface area contributed by atoms with Crippen molar-refractivity contribution in [3.63, 3.8) is 0 Å². The molecular formula is C8H13N3O6S. The predicted molar refractivity (Wildman–Crippen MR) is 58.4 cm³/mol. The van der Waals surface area contributed by atoms with E-state index in [1.54, 1.807) is 18.6 Å². The van der Waals surface area contributed by atoms with Crippen LogP contribution in [0.4, 0.5) is 4.79 Å². The third-order valence-electron chi connectivity index (χ3n) is 1.81. The maximum Gasteiger partial charge on any atom is 0.422 e. The molecule has 2 N–H and O–H groups in total. The lowest BCUT2D eigenvalue weighted by Crippen LogP contribution is -2.56. The van der Waals surface area contributed by atoms with Gasteiger partial charge in [0.25, 0.3) is 0 Å². The molecule has 0 aromatic heterocycles. The van der Waals surface area contributed by atoms with E-state index in [0.29, 0.717) is 4.31 Å². The van der Waals surface area contributed by atoms with Crippen LogP contribution in [0.1, 0.15) is 13.8 Å². The molecule has 1 fully saturated rings. The first-order valence-electron chi connectivity index (χ1n) is 5.02. The molecule has 3 amide bonds. The van der Waals surface area contributed by atoms with Crippen LogP contribution in [0.3, 0.4) is 0 Å². The van der Waals surface area contributed by atoms with Crippen LogP contribution in [0.2, 0.25) is 0 Å². The van der Waals surface area contributed by atoms with E-state index < -0.39 is 47.3 Å². The molecule has 18 heavy (non-hydrogen) atoms. The zero-order chi connectivity index (χ0) is 13.9. The van der Waals surface area contributed by atoms with Gasteiger partial charge in [-0.15, -0.1) is 0 Å². The highest BCUT2D eigenvalue weighted by molar-refractivity contribution is 7.87. The third kappa shape index (κ3) is 3.96. The van der Waals surface area contributed by atoms with Crippen LogP contribution in [0.15, 0.2) is 0 Å². The maximum absolute atomic E-state index is 11.7. The Labute approximate surface area is 104 Å². The Morgan fingerprint density at radius 1 is 1.33 bits per heavy atom. The minimum Gasteiger partial charge on any atom is -0.446 e. The molecule has 1 rings (SSSR count). The van der Waals surface area contributed by atoms with Gasteiger partial charge in [-0.1, -0.05) is 0 Å². The number of nitrogens with one attached hydrogen (secondary N) is 2. The molecule has 0 radical (unpaired) electrons. The van der Waals surface area contributed by atoms with Gasteiger partial charge < -0.3 is 4.74 Å². The first-order chi connectivity index (χ1) is 8.20. The molecule has 0 saturated carbocycles. The van der Waals surface area contributed by atoms with E-state index in [1.165, 1.54) is 0 Å². The summed E-state index contributed by atoms with van der Waals surface area (Å²) >= 11 is 0. The number of amides is 3. The van der Waals surface area contributed by atoms with Crippen molar-refractivity contribution in [1.29, 1.82) is 0 Å². The molecule has 0 unspecified atom stereocenters. The summed E-state index contributed by atoms with van der Waals surface area (Å²) in [5.74, 6) is -1.51. The van der Waals surface area contributed by atoms with E-state index >= 15 is 0 Å². The number of carbonyl (C=O) groups excluding carboxylic acids is 3. The van der Waals surface area contributed by atoms with E-state index in [1.807, 2.05) is 5.32 Å². The Morgan fingerprint density at radius 3 is 2.28 bits per heavy atom. The molecule has 0 spiro atoms. The zero-order valence-corrected chi connectivity index (χ0v) is 10.6. The van der Waals surface area contributed by atoms with Crippen molar-refractivity contribution in [2.45, 2.75) is 20.0 Å². The van der Waals surface area contributed by atoms with E-state index in [4.69, 9.17) is 0 Å². The molecule has 0 aromatic carbocycles. The van der Waals surface area contributed by atoms with Gasteiger partial charge in [0.1, 0.15) is 0 Å². The van der Waals surface area contributed by atoms with Crippen molar-refractivity contribution in [2.24, 2.45) is 0 Å². The van der Waals surface area contributed by atoms with Crippen LogP contribution >= 0.6 is 0 Å². The lowest BCUT2D eigenvalue weighted by Gasteiger charge is -2.24. The summed E-state index contributed by atoms with van der Waals surface area (Å²) in [7, 11) is -4.27. The predicted octanol–water partition coefficient (Wildman–Crippen LogP) is -1.68. The van der Waals surface area contributed by atoms with E-state index in [2.05, 4.69) is 4.74 Å². The Bertz CT molecular complexity index is 455. The summed E-state index contributed by atoms with van der Waals surface area (Å²) in [6.45, 7) is 2.03. The van der Waals surface area contributed by atoms with Crippen LogP contribution in [0.25, 0.3) is 0 Å². The Morgan fingerprint density at radius 2 is 1.83 bits per heavy atom. The topological polar surface area (TPSA) is 122 Å². The van der Waals surface area contributed by atoms with Gasteiger partial charge in [-0.25, -0.2) is 9.52 Å². The standard InChI is InChI=1S/C8H13N3O6S/c1-5(2)17-8(14)10-18(15,16)11-3-6(12)9-7(13)4-11/h5H,3-4H2,1-2H3,(H,10,14)(H,9,12,13).